The van der Waals surface area contributed by atoms with Gasteiger partial charge in [-0.25, -0.2) is 0 Å². The third-order valence-electron chi connectivity index (χ3n) is 1.30. The van der Waals surface area contributed by atoms with Gasteiger partial charge in [-0.05, 0) is 16.7 Å². The Hall–Kier alpha value is -0.920. The van der Waals surface area contributed by atoms with E-state index in [0.717, 1.165) is 0 Å². The van der Waals surface area contributed by atoms with E-state index in [9.17, 15) is 4.57 Å². The van der Waals surface area contributed by atoms with Crippen LogP contribution in [0.15, 0.2) is 24.3 Å². The summed E-state index contributed by atoms with van der Waals surface area (Å²) in [6.07, 6.45) is 0. The Morgan fingerprint density at radius 3 is 2.64 bits per heavy atom. The third kappa shape index (κ3) is 1.76. The summed E-state index contributed by atoms with van der Waals surface area (Å²) in [4.78, 5) is 0. The molecule has 1 aromatic carbocycles. The Labute approximate surface area is 66.0 Å². The molecular weight excluding hydrogens is 161 g/mol. The van der Waals surface area contributed by atoms with Gasteiger partial charge in [0, 0.05) is 0 Å². The van der Waals surface area contributed by atoms with Crippen molar-refractivity contribution in [3.05, 3.63) is 24.3 Å². The summed E-state index contributed by atoms with van der Waals surface area (Å²) in [6, 6.07) is 6.95. The van der Waals surface area contributed by atoms with Gasteiger partial charge in [0.05, 0.1) is 12.8 Å². The van der Waals surface area contributed by atoms with Crippen LogP contribution in [0.4, 0.5) is 5.69 Å². The molecule has 1 aromatic rings. The minimum atomic E-state index is -1.77. The number of hydrogen-bond donors (Lipinski definition) is 1. The Kier molecular flexibility index (Phi) is 2.58. The van der Waals surface area contributed by atoms with Crippen LogP contribution in [0.1, 0.15) is 0 Å². The van der Waals surface area contributed by atoms with E-state index in [2.05, 4.69) is 4.52 Å². The van der Waals surface area contributed by atoms with Crippen molar-refractivity contribution in [3.63, 3.8) is 0 Å². The molecule has 11 heavy (non-hydrogen) atoms. The molecule has 0 radical (unpaired) electrons. The fourth-order valence-corrected chi connectivity index (χ4v) is 1.44. The van der Waals surface area contributed by atoms with E-state index in [0.29, 0.717) is 11.0 Å². The van der Waals surface area contributed by atoms with Gasteiger partial charge in [0.1, 0.15) is 0 Å². The molecule has 3 nitrogen and oxygen atoms in total. The van der Waals surface area contributed by atoms with Crippen LogP contribution in [0, 0.1) is 0 Å². The average molecular weight is 170 g/mol. The summed E-state index contributed by atoms with van der Waals surface area (Å²) in [5.74, 6) is 0. The molecule has 0 saturated heterocycles. The fraction of sp³-hybridized carbons (Fsp3) is 0.143. The molecule has 1 unspecified atom stereocenters. The molecule has 1 rings (SSSR count). The van der Waals surface area contributed by atoms with Gasteiger partial charge >= 0.3 is 8.03 Å². The molecule has 0 amide bonds. The molecule has 0 aliphatic rings. The normalized spacial score (nSPS) is 11.2. The van der Waals surface area contributed by atoms with Crippen LogP contribution in [-0.2, 0) is 9.09 Å². The van der Waals surface area contributed by atoms with Gasteiger partial charge in [-0.3, -0.25) is 0 Å². The molecule has 58 valence electrons. The van der Waals surface area contributed by atoms with Crippen molar-refractivity contribution >= 4 is 19.0 Å². The molecular formula is C7H9NO2P+. The lowest BCUT2D eigenvalue weighted by Gasteiger charge is -1.89. The van der Waals surface area contributed by atoms with Crippen molar-refractivity contribution < 1.29 is 9.09 Å². The number of anilines is 1. The molecule has 0 saturated carbocycles. The van der Waals surface area contributed by atoms with Crippen LogP contribution in [0.5, 0.6) is 0 Å². The lowest BCUT2D eigenvalue weighted by molar-refractivity contribution is 0.423. The molecule has 0 heterocycles. The smallest absolute Gasteiger partial charge is 0.395 e. The molecule has 0 aliphatic heterocycles. The number of hydrogen-bond acceptors (Lipinski definition) is 3. The van der Waals surface area contributed by atoms with Crippen molar-refractivity contribution in [1.29, 1.82) is 0 Å². The minimum absolute atomic E-state index is 0.510. The Morgan fingerprint density at radius 2 is 2.09 bits per heavy atom. The van der Waals surface area contributed by atoms with Gasteiger partial charge in [0.15, 0.2) is 0 Å². The van der Waals surface area contributed by atoms with Crippen molar-refractivity contribution in [3.8, 4) is 0 Å². The lowest BCUT2D eigenvalue weighted by atomic mass is 10.3. The maximum atomic E-state index is 11.1. The number of nitrogens with two attached hydrogens (primary N) is 1. The highest BCUT2D eigenvalue weighted by Crippen LogP contribution is 2.22. The second-order valence-electron chi connectivity index (χ2n) is 2.00. The molecule has 0 aliphatic carbocycles. The van der Waals surface area contributed by atoms with E-state index >= 15 is 0 Å². The summed E-state index contributed by atoms with van der Waals surface area (Å²) in [5, 5.41) is 0.560. The predicted octanol–water partition coefficient (Wildman–Crippen LogP) is 1.28. The summed E-state index contributed by atoms with van der Waals surface area (Å²) < 4.78 is 15.7. The molecule has 2 N–H and O–H groups in total. The maximum absolute atomic E-state index is 11.1. The van der Waals surface area contributed by atoms with E-state index < -0.39 is 8.03 Å². The van der Waals surface area contributed by atoms with Gasteiger partial charge in [-0.1, -0.05) is 12.1 Å². The first-order chi connectivity index (χ1) is 5.25. The fourth-order valence-electron chi connectivity index (χ4n) is 0.752. The highest BCUT2D eigenvalue weighted by Gasteiger charge is 2.22. The first-order valence-corrected chi connectivity index (χ1v) is 4.29. The molecule has 4 heteroatoms. The van der Waals surface area contributed by atoms with Crippen molar-refractivity contribution in [2.24, 2.45) is 0 Å². The Morgan fingerprint density at radius 1 is 1.45 bits per heavy atom. The highest BCUT2D eigenvalue weighted by molar-refractivity contribution is 7.48. The first-order valence-electron chi connectivity index (χ1n) is 3.11. The number of benzene rings is 1. The van der Waals surface area contributed by atoms with E-state index in [1.54, 1.807) is 24.3 Å². The van der Waals surface area contributed by atoms with Crippen LogP contribution in [0.3, 0.4) is 0 Å². The zero-order valence-electron chi connectivity index (χ0n) is 6.15. The van der Waals surface area contributed by atoms with Crippen molar-refractivity contribution in [2.45, 2.75) is 0 Å². The number of para-hydroxylation sites is 1. The topological polar surface area (TPSA) is 52.3 Å². The summed E-state index contributed by atoms with van der Waals surface area (Å²) in [6.45, 7) is 0. The monoisotopic (exact) mass is 170 g/mol. The van der Waals surface area contributed by atoms with E-state index in [4.69, 9.17) is 5.73 Å². The van der Waals surface area contributed by atoms with E-state index in [1.165, 1.54) is 7.11 Å². The zero-order chi connectivity index (χ0) is 8.27. The second-order valence-corrected chi connectivity index (χ2v) is 3.36. The summed E-state index contributed by atoms with van der Waals surface area (Å²) in [7, 11) is -0.375. The number of nitrogen functional groups attached to an aromatic ring is 1. The van der Waals surface area contributed by atoms with Gasteiger partial charge in [0.25, 0.3) is 0 Å². The van der Waals surface area contributed by atoms with Crippen molar-refractivity contribution in [1.82, 2.24) is 0 Å². The molecule has 0 spiro atoms. The van der Waals surface area contributed by atoms with Gasteiger partial charge < -0.3 is 5.73 Å². The average Bonchev–Trinajstić information content (AvgIpc) is 2.04. The molecule has 0 aromatic heterocycles. The SMILES string of the molecule is CO[P+](=O)c1ccccc1N. The summed E-state index contributed by atoms with van der Waals surface area (Å²) in [5.41, 5.74) is 6.04. The minimum Gasteiger partial charge on any atom is -0.395 e. The zero-order valence-corrected chi connectivity index (χ0v) is 7.04. The first kappa shape index (κ1) is 8.18. The molecule has 0 fully saturated rings. The van der Waals surface area contributed by atoms with Gasteiger partial charge in [-0.2, -0.15) is 0 Å². The largest absolute Gasteiger partial charge is 0.550 e. The molecule has 1 atom stereocenters. The Balaban J connectivity index is 3.03. The summed E-state index contributed by atoms with van der Waals surface area (Å²) >= 11 is 0. The van der Waals surface area contributed by atoms with Crippen molar-refractivity contribution in [2.75, 3.05) is 12.8 Å². The lowest BCUT2D eigenvalue weighted by Crippen LogP contribution is -2.04. The number of rotatable bonds is 2. The van der Waals surface area contributed by atoms with Crippen LogP contribution < -0.4 is 11.0 Å². The van der Waals surface area contributed by atoms with E-state index in [-0.39, 0.29) is 0 Å². The van der Waals surface area contributed by atoms with E-state index in [1.807, 2.05) is 0 Å². The van der Waals surface area contributed by atoms with Gasteiger partial charge in [-0.15, -0.1) is 4.52 Å². The predicted molar refractivity (Wildman–Crippen MR) is 45.1 cm³/mol. The molecule has 0 bridgehead atoms. The second kappa shape index (κ2) is 3.46. The van der Waals surface area contributed by atoms with Crippen LogP contribution >= 0.6 is 8.03 Å². The highest BCUT2D eigenvalue weighted by atomic mass is 31.1. The van der Waals surface area contributed by atoms with Crippen LogP contribution in [0.25, 0.3) is 0 Å². The van der Waals surface area contributed by atoms with Gasteiger partial charge in [0.2, 0.25) is 5.30 Å². The quantitative estimate of drug-likeness (QED) is 0.537. The third-order valence-corrected chi connectivity index (χ3v) is 2.43. The maximum Gasteiger partial charge on any atom is 0.550 e. The van der Waals surface area contributed by atoms with Crippen LogP contribution in [0.2, 0.25) is 0 Å². The Bertz CT molecular complexity index is 275. The van der Waals surface area contributed by atoms with Crippen LogP contribution in [-0.4, -0.2) is 7.11 Å². The standard InChI is InChI=1S/C7H9NO2P/c1-10-11(9)7-5-3-2-4-6(7)8/h2-5H,8H2,1H3/q+1.